The monoisotopic (exact) mass is 583 g/mol. The summed E-state index contributed by atoms with van der Waals surface area (Å²) >= 11 is 1.61. The maximum absolute atomic E-state index is 13.2. The molecule has 0 aromatic carbocycles. The molecule has 1 saturated heterocycles. The molecule has 41 heavy (non-hydrogen) atoms. The van der Waals surface area contributed by atoms with Gasteiger partial charge in [-0.05, 0) is 49.1 Å². The van der Waals surface area contributed by atoms with Crippen molar-refractivity contribution in [2.24, 2.45) is 5.41 Å². The van der Waals surface area contributed by atoms with Gasteiger partial charge in [-0.15, -0.1) is 17.9 Å². The predicted octanol–water partition coefficient (Wildman–Crippen LogP) is 3.79. The molecule has 2 fully saturated rings. The fourth-order valence-electron chi connectivity index (χ4n) is 6.05. The van der Waals surface area contributed by atoms with Gasteiger partial charge in [0.15, 0.2) is 0 Å². The first kappa shape index (κ1) is 30.1. The second kappa shape index (κ2) is 12.9. The van der Waals surface area contributed by atoms with E-state index in [1.165, 1.54) is 5.56 Å². The summed E-state index contributed by atoms with van der Waals surface area (Å²) in [5, 5.41) is 20.9. The number of hydrogen-bond acceptors (Lipinski definition) is 9. The second-order valence-electron chi connectivity index (χ2n) is 13.0. The number of aliphatic hydroxyl groups is 1. The van der Waals surface area contributed by atoms with Crippen LogP contribution in [0.3, 0.4) is 0 Å². The van der Waals surface area contributed by atoms with Crippen LogP contribution >= 0.6 is 11.3 Å². The van der Waals surface area contributed by atoms with Gasteiger partial charge in [0.05, 0.1) is 25.3 Å². The summed E-state index contributed by atoms with van der Waals surface area (Å²) in [6.45, 7) is 13.3. The number of nitrogens with zero attached hydrogens (tertiary/aromatic N) is 3. The molecule has 1 amide bonds. The molecule has 2 aromatic heterocycles. The first-order chi connectivity index (χ1) is 19.6. The molecule has 224 valence electrons. The van der Waals surface area contributed by atoms with Crippen LogP contribution in [0.25, 0.3) is 0 Å². The summed E-state index contributed by atoms with van der Waals surface area (Å²) < 4.78 is 12.2. The minimum atomic E-state index is -0.804. The van der Waals surface area contributed by atoms with Gasteiger partial charge in [-0.25, -0.2) is 9.97 Å². The van der Waals surface area contributed by atoms with Crippen LogP contribution in [0.15, 0.2) is 36.5 Å². The summed E-state index contributed by atoms with van der Waals surface area (Å²) in [5.41, 5.74) is 2.21. The Bertz CT molecular complexity index is 1180. The van der Waals surface area contributed by atoms with E-state index >= 15 is 0 Å². The molecule has 2 aromatic rings. The van der Waals surface area contributed by atoms with Gasteiger partial charge in [-0.1, -0.05) is 26.8 Å². The molecule has 4 heterocycles. The van der Waals surface area contributed by atoms with E-state index in [1.54, 1.807) is 23.6 Å². The second-order valence-corrected chi connectivity index (χ2v) is 14.0. The Kier molecular flexibility index (Phi) is 9.45. The highest BCUT2D eigenvalue weighted by atomic mass is 32.1. The maximum Gasteiger partial charge on any atom is 0.250 e. The number of ether oxygens (including phenoxy) is 2. The van der Waals surface area contributed by atoms with Crippen LogP contribution in [0, 0.1) is 5.41 Å². The van der Waals surface area contributed by atoms with Crippen molar-refractivity contribution in [3.05, 3.63) is 52.6 Å². The fourth-order valence-corrected chi connectivity index (χ4v) is 6.70. The van der Waals surface area contributed by atoms with E-state index in [1.807, 2.05) is 11.6 Å². The van der Waals surface area contributed by atoms with Crippen molar-refractivity contribution in [1.29, 1.82) is 0 Å². The number of pyridine rings is 1. The standard InChI is InChI=1S/C31H45N5O4S/c1-5-7-23(35-28(38)26-19-36(11-12-39-26)20-27-32-10-13-41-27)25(37)18-33-24-16-31(8-6-9-31)40-29-22(24)14-21(17-34-29)15-30(2,3)4/h5,10,13-14,17,23-26,33,37H,1,6-9,11-12,15-16,18-20H2,2-4H3,(H,35,38)/t23-,24-,25+,26?/m0/s1. The molecular formula is C31H45N5O4S. The highest BCUT2D eigenvalue weighted by molar-refractivity contribution is 7.09. The van der Waals surface area contributed by atoms with Gasteiger partial charge in [0.2, 0.25) is 5.88 Å². The molecule has 3 aliphatic rings. The Labute approximate surface area is 247 Å². The number of thiazole rings is 1. The van der Waals surface area contributed by atoms with Crippen molar-refractivity contribution in [3.8, 4) is 5.88 Å². The Hall–Kier alpha value is -2.37. The molecule has 1 aliphatic carbocycles. The van der Waals surface area contributed by atoms with E-state index in [2.05, 4.69) is 53.9 Å². The Morgan fingerprint density at radius 3 is 2.88 bits per heavy atom. The zero-order chi connectivity index (χ0) is 29.0. The summed E-state index contributed by atoms with van der Waals surface area (Å²) in [7, 11) is 0. The van der Waals surface area contributed by atoms with Gasteiger partial charge in [-0.3, -0.25) is 9.69 Å². The Morgan fingerprint density at radius 1 is 1.37 bits per heavy atom. The smallest absolute Gasteiger partial charge is 0.250 e. The molecule has 4 atom stereocenters. The quantitative estimate of drug-likeness (QED) is 0.343. The highest BCUT2D eigenvalue weighted by Crippen LogP contribution is 2.48. The third-order valence-electron chi connectivity index (χ3n) is 8.27. The van der Waals surface area contributed by atoms with Crippen molar-refractivity contribution in [3.63, 3.8) is 0 Å². The number of rotatable bonds is 11. The number of aromatic nitrogens is 2. The molecule has 1 spiro atoms. The van der Waals surface area contributed by atoms with Gasteiger partial charge in [0.1, 0.15) is 16.7 Å². The third kappa shape index (κ3) is 7.73. The Morgan fingerprint density at radius 2 is 2.20 bits per heavy atom. The molecule has 2 aliphatic heterocycles. The normalized spacial score (nSPS) is 23.6. The van der Waals surface area contributed by atoms with Crippen molar-refractivity contribution >= 4 is 17.2 Å². The maximum atomic E-state index is 13.2. The number of nitrogens with one attached hydrogen (secondary N) is 2. The number of fused-ring (bicyclic) bond motifs is 1. The number of carbonyl (C=O) groups excluding carboxylic acids is 1. The summed E-state index contributed by atoms with van der Waals surface area (Å²) in [5.74, 6) is 0.494. The lowest BCUT2D eigenvalue weighted by Crippen LogP contribution is -2.55. The van der Waals surface area contributed by atoms with Gasteiger partial charge in [0, 0.05) is 55.4 Å². The predicted molar refractivity (Wildman–Crippen MR) is 160 cm³/mol. The van der Waals surface area contributed by atoms with E-state index in [-0.39, 0.29) is 23.0 Å². The van der Waals surface area contributed by atoms with E-state index < -0.39 is 18.2 Å². The van der Waals surface area contributed by atoms with Crippen molar-refractivity contribution in [2.45, 2.75) is 95.7 Å². The van der Waals surface area contributed by atoms with E-state index in [9.17, 15) is 9.90 Å². The molecule has 10 heteroatoms. The van der Waals surface area contributed by atoms with Crippen molar-refractivity contribution < 1.29 is 19.4 Å². The van der Waals surface area contributed by atoms with Crippen LogP contribution in [0.5, 0.6) is 5.88 Å². The van der Waals surface area contributed by atoms with Crippen LogP contribution in [0.1, 0.15) is 75.1 Å². The summed E-state index contributed by atoms with van der Waals surface area (Å²) in [4.78, 5) is 24.5. The number of morpholine rings is 1. The van der Waals surface area contributed by atoms with Crippen LogP contribution < -0.4 is 15.4 Å². The first-order valence-corrected chi connectivity index (χ1v) is 15.7. The van der Waals surface area contributed by atoms with E-state index in [4.69, 9.17) is 14.5 Å². The average Bonchev–Trinajstić information content (AvgIpc) is 3.42. The van der Waals surface area contributed by atoms with Crippen LogP contribution in [-0.2, 0) is 22.5 Å². The van der Waals surface area contributed by atoms with Crippen LogP contribution in [0.2, 0.25) is 0 Å². The fraction of sp³-hybridized carbons (Fsp3) is 0.645. The van der Waals surface area contributed by atoms with Crippen molar-refractivity contribution in [2.75, 3.05) is 26.2 Å². The topological polar surface area (TPSA) is 109 Å². The molecular weight excluding hydrogens is 538 g/mol. The lowest BCUT2D eigenvalue weighted by atomic mass is 9.73. The molecule has 1 saturated carbocycles. The number of amides is 1. The van der Waals surface area contributed by atoms with Gasteiger partial charge >= 0.3 is 0 Å². The molecule has 5 rings (SSSR count). The highest BCUT2D eigenvalue weighted by Gasteiger charge is 2.46. The van der Waals surface area contributed by atoms with Gasteiger partial charge in [-0.2, -0.15) is 0 Å². The van der Waals surface area contributed by atoms with E-state index in [0.717, 1.165) is 49.2 Å². The molecule has 9 nitrogen and oxygen atoms in total. The number of hydrogen-bond donors (Lipinski definition) is 3. The Balaban J connectivity index is 1.21. The van der Waals surface area contributed by atoms with Gasteiger partial charge in [0.25, 0.3) is 5.91 Å². The summed E-state index contributed by atoms with van der Waals surface area (Å²) in [6.07, 6.45) is 9.50. The number of aliphatic hydroxyl groups excluding tert-OH is 1. The minimum Gasteiger partial charge on any atom is -0.471 e. The third-order valence-corrected chi connectivity index (χ3v) is 9.04. The molecule has 0 radical (unpaired) electrons. The van der Waals surface area contributed by atoms with E-state index in [0.29, 0.717) is 38.5 Å². The molecule has 0 bridgehead atoms. The lowest BCUT2D eigenvalue weighted by Gasteiger charge is -2.47. The molecule has 3 N–H and O–H groups in total. The van der Waals surface area contributed by atoms with Gasteiger partial charge < -0.3 is 25.2 Å². The zero-order valence-corrected chi connectivity index (χ0v) is 25.4. The minimum absolute atomic E-state index is 0.0160. The SMILES string of the molecule is C=CC[C@H](NC(=O)C1CN(Cc2nccs2)CCO1)[C@H](O)CN[C@H]1CC2(CCC2)Oc2ncc(CC(C)(C)C)cc21. The average molecular weight is 584 g/mol. The van der Waals surface area contributed by atoms with Crippen molar-refractivity contribution in [1.82, 2.24) is 25.5 Å². The number of carbonyl (C=O) groups is 1. The lowest BCUT2D eigenvalue weighted by molar-refractivity contribution is -0.140. The zero-order valence-electron chi connectivity index (χ0n) is 24.6. The summed E-state index contributed by atoms with van der Waals surface area (Å²) in [6, 6.07) is 1.75. The molecule has 1 unspecified atom stereocenters. The largest absolute Gasteiger partial charge is 0.471 e. The first-order valence-electron chi connectivity index (χ1n) is 14.9. The van der Waals surface area contributed by atoms with Crippen LogP contribution in [-0.4, -0.2) is 76.0 Å². The van der Waals surface area contributed by atoms with Crippen LogP contribution in [0.4, 0.5) is 0 Å².